The van der Waals surface area contributed by atoms with Gasteiger partial charge in [0.15, 0.2) is 0 Å². The molecule has 0 aromatic carbocycles. The van der Waals surface area contributed by atoms with Crippen LogP contribution in [0.4, 0.5) is 0 Å². The van der Waals surface area contributed by atoms with Gasteiger partial charge in [-0.05, 0) is 0 Å². The van der Waals surface area contributed by atoms with Crippen molar-refractivity contribution in [2.24, 2.45) is 0 Å². The largest absolute Gasteiger partial charge is 2.00 e. The molecule has 0 unspecified atom stereocenters. The zero-order valence-electron chi connectivity index (χ0n) is 4.50. The van der Waals surface area contributed by atoms with Crippen LogP contribution in [0, 0.1) is 79.1 Å². The van der Waals surface area contributed by atoms with Crippen LogP contribution in [-0.2, 0) is 47.9 Å². The Labute approximate surface area is 170 Å². The van der Waals surface area contributed by atoms with Crippen LogP contribution in [0.15, 0.2) is 0 Å². The minimum Gasteiger partial charge on any atom is -1.00 e. The molecule has 0 nitrogen and oxygen atoms in total. The standard InChI is InChI=1S/Ce.Er.Sr.Ti.Zr.2H/q;;+2;;;2*-1. The normalized spacial score (nSPS) is 0. The maximum atomic E-state index is 0. The Kier molecular flexibility index (Phi) is 140. The van der Waals surface area contributed by atoms with Gasteiger partial charge in [-0.15, -0.1) is 0 Å². The van der Waals surface area contributed by atoms with Crippen molar-refractivity contribution in [3.05, 3.63) is 0 Å². The monoisotopic (exact) mass is 534 g/mol. The van der Waals surface area contributed by atoms with Gasteiger partial charge < -0.3 is 2.85 Å². The van der Waals surface area contributed by atoms with Crippen LogP contribution in [0.3, 0.4) is 0 Å². The van der Waals surface area contributed by atoms with E-state index >= 15 is 0 Å². The Bertz CT molecular complexity index is 17.7. The third-order valence-corrected chi connectivity index (χ3v) is 0. The van der Waals surface area contributed by atoms with Gasteiger partial charge in [0.2, 0.25) is 0 Å². The van der Waals surface area contributed by atoms with Crippen molar-refractivity contribution in [1.29, 1.82) is 0 Å². The Morgan fingerprint density at radius 1 is 1.20 bits per heavy atom. The molecular formula is H2CeErSrTiZr. The number of hydrogen-bond donors (Lipinski definition) is 0. The maximum Gasteiger partial charge on any atom is 2.00 e. The molecule has 0 rings (SSSR count). The van der Waals surface area contributed by atoms with Crippen molar-refractivity contribution in [2.45, 2.75) is 0 Å². The average Bonchev–Trinajstić information content (AvgIpc) is 0. The van der Waals surface area contributed by atoms with E-state index in [2.05, 4.69) is 0 Å². The summed E-state index contributed by atoms with van der Waals surface area (Å²) < 4.78 is 0. The number of hydrogen-bond acceptors (Lipinski definition) is 0. The first kappa shape index (κ1) is 31.0. The first-order chi connectivity index (χ1) is 0. The summed E-state index contributed by atoms with van der Waals surface area (Å²) in [6, 6.07) is 0. The predicted molar refractivity (Wildman–Crippen MR) is 7.98 cm³/mol. The smallest absolute Gasteiger partial charge is 1.00 e. The minimum absolute atomic E-state index is 0. The summed E-state index contributed by atoms with van der Waals surface area (Å²) in [7, 11) is 0. The molecule has 5 heteroatoms. The Morgan fingerprint density at radius 2 is 1.20 bits per heavy atom. The van der Waals surface area contributed by atoms with Crippen molar-refractivity contribution in [2.75, 3.05) is 0 Å². The molecule has 0 aromatic heterocycles. The van der Waals surface area contributed by atoms with Gasteiger partial charge in [0, 0.05) is 127 Å². The molecule has 0 aliphatic carbocycles. The van der Waals surface area contributed by atoms with Crippen LogP contribution in [0.1, 0.15) is 2.85 Å². The molecule has 28 valence electrons. The van der Waals surface area contributed by atoms with E-state index in [4.69, 9.17) is 0 Å². The van der Waals surface area contributed by atoms with E-state index in [1.54, 1.807) is 0 Å². The second kappa shape index (κ2) is 22.6. The van der Waals surface area contributed by atoms with E-state index in [1.165, 1.54) is 0 Å². The SMILES string of the molecule is [Ce].[Er].[H-].[H-].[Sr+2].[Ti].[Zr]. The topological polar surface area (TPSA) is 0 Å². The van der Waals surface area contributed by atoms with Crippen LogP contribution in [0.2, 0.25) is 0 Å². The Hall–Kier alpha value is 5.70. The molecule has 0 aromatic rings. The van der Waals surface area contributed by atoms with Crippen molar-refractivity contribution < 1.29 is 130 Å². The van der Waals surface area contributed by atoms with Gasteiger partial charge in [-0.3, -0.25) is 0 Å². The molecule has 0 spiro atoms. The molecule has 0 N–H and O–H groups in total. The van der Waals surface area contributed by atoms with Gasteiger partial charge in [-0.2, -0.15) is 0 Å². The van der Waals surface area contributed by atoms with Gasteiger partial charge in [0.1, 0.15) is 0 Å². The molecule has 0 heterocycles. The van der Waals surface area contributed by atoms with Crippen molar-refractivity contribution >= 4 is 45.5 Å². The van der Waals surface area contributed by atoms with Crippen LogP contribution >= 0.6 is 0 Å². The first-order valence-electron chi connectivity index (χ1n) is 0. The average molecular weight is 536 g/mol. The molecule has 0 bridgehead atoms. The summed E-state index contributed by atoms with van der Waals surface area (Å²) in [5.74, 6) is 0. The summed E-state index contributed by atoms with van der Waals surface area (Å²) in [6.45, 7) is 0. The maximum absolute atomic E-state index is 0. The van der Waals surface area contributed by atoms with Crippen molar-refractivity contribution in [1.82, 2.24) is 0 Å². The molecule has 0 aliphatic heterocycles. The van der Waals surface area contributed by atoms with Crippen LogP contribution in [0.25, 0.3) is 0 Å². The van der Waals surface area contributed by atoms with E-state index in [0.717, 1.165) is 0 Å². The summed E-state index contributed by atoms with van der Waals surface area (Å²) >= 11 is 0. The van der Waals surface area contributed by atoms with Crippen molar-refractivity contribution in [3.8, 4) is 0 Å². The zero-order chi connectivity index (χ0) is 0. The number of rotatable bonds is 0. The van der Waals surface area contributed by atoms with Crippen molar-refractivity contribution in [3.63, 3.8) is 0 Å². The third-order valence-electron chi connectivity index (χ3n) is 0. The van der Waals surface area contributed by atoms with Crippen LogP contribution in [0.5, 0.6) is 0 Å². The summed E-state index contributed by atoms with van der Waals surface area (Å²) in [5.41, 5.74) is 0. The minimum atomic E-state index is 0. The fraction of sp³-hybridized carbons (Fsp3) is 0. The third kappa shape index (κ3) is 17.7. The summed E-state index contributed by atoms with van der Waals surface area (Å²) in [4.78, 5) is 0. The quantitative estimate of drug-likeness (QED) is 0.378. The second-order valence-electron chi connectivity index (χ2n) is 0. The molecule has 0 aliphatic rings. The fourth-order valence-corrected chi connectivity index (χ4v) is 0. The van der Waals surface area contributed by atoms with E-state index in [1.807, 2.05) is 0 Å². The van der Waals surface area contributed by atoms with Gasteiger partial charge in [0.25, 0.3) is 0 Å². The van der Waals surface area contributed by atoms with Gasteiger partial charge in [0.05, 0.1) is 0 Å². The molecule has 0 amide bonds. The molecule has 0 saturated heterocycles. The van der Waals surface area contributed by atoms with Gasteiger partial charge in [-0.1, -0.05) is 0 Å². The fourth-order valence-electron chi connectivity index (χ4n) is 0. The molecule has 0 fully saturated rings. The first-order valence-corrected chi connectivity index (χ1v) is 0. The molecule has 0 atom stereocenters. The Morgan fingerprint density at radius 3 is 1.20 bits per heavy atom. The van der Waals surface area contributed by atoms with E-state index < -0.39 is 0 Å². The molecule has 0 radical (unpaired) electrons. The Balaban J connectivity index is 0. The predicted octanol–water partition coefficient (Wildman–Crippen LogP) is -0.161. The summed E-state index contributed by atoms with van der Waals surface area (Å²) in [5, 5.41) is 0. The van der Waals surface area contributed by atoms with Crippen LogP contribution in [-0.4, -0.2) is 45.5 Å². The van der Waals surface area contributed by atoms with E-state index in [0.29, 0.717) is 0 Å². The van der Waals surface area contributed by atoms with Gasteiger partial charge in [-0.25, -0.2) is 0 Å². The van der Waals surface area contributed by atoms with E-state index in [9.17, 15) is 0 Å². The van der Waals surface area contributed by atoms with Crippen LogP contribution < -0.4 is 0 Å². The second-order valence-corrected chi connectivity index (χ2v) is 0. The molecule has 0 saturated carbocycles. The van der Waals surface area contributed by atoms with Gasteiger partial charge >= 0.3 is 45.5 Å². The molecule has 5 heavy (non-hydrogen) atoms. The zero-order valence-corrected chi connectivity index (χ0v) is 15.0. The summed E-state index contributed by atoms with van der Waals surface area (Å²) in [6.07, 6.45) is 0. The molecular weight excluding hydrogens is 534 g/mol. The van der Waals surface area contributed by atoms with E-state index in [-0.39, 0.29) is 175 Å².